The number of likely N-dealkylation sites (tertiary alicyclic amines) is 1. The molecule has 192 valence electrons. The molecular formula is C31H40FN2O2+. The van der Waals surface area contributed by atoms with Crippen molar-refractivity contribution >= 4 is 0 Å². The van der Waals surface area contributed by atoms with Crippen molar-refractivity contribution in [3.05, 3.63) is 89.4 Å². The van der Waals surface area contributed by atoms with E-state index >= 15 is 0 Å². The summed E-state index contributed by atoms with van der Waals surface area (Å²) in [5, 5.41) is 0. The van der Waals surface area contributed by atoms with Crippen molar-refractivity contribution in [3.8, 4) is 0 Å². The Bertz CT molecular complexity index is 1080. The zero-order chi connectivity index (χ0) is 24.7. The van der Waals surface area contributed by atoms with Gasteiger partial charge in [-0.1, -0.05) is 75.1 Å². The zero-order valence-corrected chi connectivity index (χ0v) is 21.5. The van der Waals surface area contributed by atoms with E-state index in [4.69, 9.17) is 14.1 Å². The van der Waals surface area contributed by atoms with Gasteiger partial charge in [0.05, 0.1) is 25.3 Å². The van der Waals surface area contributed by atoms with Crippen LogP contribution in [0.1, 0.15) is 80.6 Å². The molecule has 1 aliphatic carbocycles. The molecule has 4 atom stereocenters. The molecule has 2 heterocycles. The number of quaternary nitrogens is 1. The Balaban J connectivity index is 1.25. The van der Waals surface area contributed by atoms with E-state index in [9.17, 15) is 4.39 Å². The van der Waals surface area contributed by atoms with Crippen molar-refractivity contribution in [3.63, 3.8) is 0 Å². The standard InChI is InChI=1S/C31H39FN2O2/c1-2-24-16-17-34(21-29(24)35-22-23-10-9-15-27(32)18-23)20-28-19-33-31(36-28)30(25-11-5-3-6-12-25)26-13-7-4-8-14-26/h3,5-6,9-12,15,18-19,24,26,29-30H,2,4,7-8,13-14,16-17,20-22H2,1H3/p+1. The molecule has 1 aromatic heterocycles. The number of piperidine rings is 1. The Hall–Kier alpha value is -2.50. The Labute approximate surface area is 214 Å². The van der Waals surface area contributed by atoms with Gasteiger partial charge in [0.15, 0.2) is 5.76 Å². The minimum Gasteiger partial charge on any atom is -0.439 e. The molecule has 0 bridgehead atoms. The highest BCUT2D eigenvalue weighted by molar-refractivity contribution is 5.26. The molecule has 2 fully saturated rings. The van der Waals surface area contributed by atoms with Crippen LogP contribution in [0.3, 0.4) is 0 Å². The van der Waals surface area contributed by atoms with Crippen molar-refractivity contribution in [2.75, 3.05) is 13.1 Å². The predicted octanol–water partition coefficient (Wildman–Crippen LogP) is 5.93. The fraction of sp³-hybridized carbons (Fsp3) is 0.516. The number of rotatable bonds is 9. The fourth-order valence-electron chi connectivity index (χ4n) is 6.32. The van der Waals surface area contributed by atoms with Crippen LogP contribution >= 0.6 is 0 Å². The molecule has 0 amide bonds. The Morgan fingerprint density at radius 1 is 1.06 bits per heavy atom. The lowest BCUT2D eigenvalue weighted by Gasteiger charge is -2.35. The highest BCUT2D eigenvalue weighted by Gasteiger charge is 2.34. The first kappa shape index (κ1) is 25.2. The third-order valence-electron chi connectivity index (χ3n) is 8.30. The maximum Gasteiger partial charge on any atom is 0.202 e. The van der Waals surface area contributed by atoms with Crippen LogP contribution < -0.4 is 4.90 Å². The molecule has 1 aliphatic heterocycles. The van der Waals surface area contributed by atoms with E-state index < -0.39 is 0 Å². The normalized spacial score (nSPS) is 24.0. The Morgan fingerprint density at radius 2 is 1.89 bits per heavy atom. The van der Waals surface area contributed by atoms with Crippen molar-refractivity contribution < 1.29 is 18.4 Å². The predicted molar refractivity (Wildman–Crippen MR) is 139 cm³/mol. The molecule has 0 radical (unpaired) electrons. The lowest BCUT2D eigenvalue weighted by atomic mass is 9.77. The van der Waals surface area contributed by atoms with Crippen LogP contribution in [0, 0.1) is 17.7 Å². The summed E-state index contributed by atoms with van der Waals surface area (Å²) in [5.74, 6) is 3.02. The van der Waals surface area contributed by atoms with Gasteiger partial charge in [-0.15, -0.1) is 0 Å². The molecule has 4 unspecified atom stereocenters. The molecule has 0 spiro atoms. The number of hydrogen-bond donors (Lipinski definition) is 1. The monoisotopic (exact) mass is 491 g/mol. The van der Waals surface area contributed by atoms with E-state index in [0.717, 1.165) is 49.7 Å². The van der Waals surface area contributed by atoms with E-state index in [-0.39, 0.29) is 17.8 Å². The zero-order valence-electron chi connectivity index (χ0n) is 21.5. The molecule has 4 nitrogen and oxygen atoms in total. The summed E-state index contributed by atoms with van der Waals surface area (Å²) in [6.07, 6.45) is 10.8. The summed E-state index contributed by atoms with van der Waals surface area (Å²) in [5.41, 5.74) is 2.21. The minimum absolute atomic E-state index is 0.170. The molecule has 3 aromatic rings. The van der Waals surface area contributed by atoms with Gasteiger partial charge in [0.2, 0.25) is 5.89 Å². The first-order valence-electron chi connectivity index (χ1n) is 13.9. The van der Waals surface area contributed by atoms with Crippen LogP contribution in [0.25, 0.3) is 0 Å². The van der Waals surface area contributed by atoms with Crippen LogP contribution in [0.2, 0.25) is 0 Å². The molecule has 5 rings (SSSR count). The number of aromatic nitrogens is 1. The highest BCUT2D eigenvalue weighted by Crippen LogP contribution is 2.40. The quantitative estimate of drug-likeness (QED) is 0.404. The summed E-state index contributed by atoms with van der Waals surface area (Å²) in [6, 6.07) is 17.5. The first-order valence-corrected chi connectivity index (χ1v) is 13.9. The lowest BCUT2D eigenvalue weighted by molar-refractivity contribution is -0.924. The number of benzene rings is 2. The van der Waals surface area contributed by atoms with E-state index in [2.05, 4.69) is 37.3 Å². The highest BCUT2D eigenvalue weighted by atomic mass is 19.1. The molecule has 36 heavy (non-hydrogen) atoms. The summed E-state index contributed by atoms with van der Waals surface area (Å²) in [6.45, 7) is 5.58. The number of oxazole rings is 1. The molecule has 1 saturated heterocycles. The Kier molecular flexibility index (Phi) is 8.50. The van der Waals surface area contributed by atoms with Crippen LogP contribution in [0.5, 0.6) is 0 Å². The molecular weight excluding hydrogens is 451 g/mol. The number of nitrogens with one attached hydrogen (secondary N) is 1. The maximum atomic E-state index is 13.6. The van der Waals surface area contributed by atoms with Crippen molar-refractivity contribution in [2.45, 2.75) is 77.0 Å². The third-order valence-corrected chi connectivity index (χ3v) is 8.30. The largest absolute Gasteiger partial charge is 0.439 e. The third kappa shape index (κ3) is 6.24. The average Bonchev–Trinajstić information content (AvgIpc) is 3.37. The summed E-state index contributed by atoms with van der Waals surface area (Å²) in [7, 11) is 0. The van der Waals surface area contributed by atoms with Gasteiger partial charge in [0.25, 0.3) is 0 Å². The van der Waals surface area contributed by atoms with Crippen LogP contribution in [-0.2, 0) is 17.9 Å². The van der Waals surface area contributed by atoms with Crippen LogP contribution in [0.15, 0.2) is 65.2 Å². The summed E-state index contributed by atoms with van der Waals surface area (Å²) < 4.78 is 26.4. The first-order chi connectivity index (χ1) is 17.7. The second kappa shape index (κ2) is 12.2. The van der Waals surface area contributed by atoms with Gasteiger partial charge in [-0.3, -0.25) is 0 Å². The number of ether oxygens (including phenoxy) is 1. The van der Waals surface area contributed by atoms with E-state index in [1.165, 1.54) is 48.6 Å². The van der Waals surface area contributed by atoms with Gasteiger partial charge < -0.3 is 14.1 Å². The molecule has 2 aromatic carbocycles. The van der Waals surface area contributed by atoms with Gasteiger partial charge in [0, 0.05) is 6.42 Å². The van der Waals surface area contributed by atoms with Gasteiger partial charge in [-0.05, 0) is 47.9 Å². The number of hydrogen-bond acceptors (Lipinski definition) is 3. The fourth-order valence-corrected chi connectivity index (χ4v) is 6.32. The van der Waals surface area contributed by atoms with E-state index in [0.29, 0.717) is 18.4 Å². The van der Waals surface area contributed by atoms with Crippen LogP contribution in [0.4, 0.5) is 4.39 Å². The van der Waals surface area contributed by atoms with E-state index in [1.54, 1.807) is 12.1 Å². The molecule has 1 saturated carbocycles. The summed E-state index contributed by atoms with van der Waals surface area (Å²) >= 11 is 0. The van der Waals surface area contributed by atoms with E-state index in [1.807, 2.05) is 12.3 Å². The van der Waals surface area contributed by atoms with Gasteiger partial charge in [-0.2, -0.15) is 0 Å². The van der Waals surface area contributed by atoms with Crippen molar-refractivity contribution in [1.29, 1.82) is 0 Å². The SMILES string of the molecule is CCC1CC[NH+](Cc2cnc(C(c3ccccc3)C3CCCCC3)o2)CC1OCc1cccc(F)c1. The average molecular weight is 492 g/mol. The maximum absolute atomic E-state index is 13.6. The lowest BCUT2D eigenvalue weighted by Crippen LogP contribution is -3.13. The molecule has 1 N–H and O–H groups in total. The van der Waals surface area contributed by atoms with Crippen molar-refractivity contribution in [2.24, 2.45) is 11.8 Å². The van der Waals surface area contributed by atoms with Crippen LogP contribution in [-0.4, -0.2) is 24.2 Å². The Morgan fingerprint density at radius 3 is 2.67 bits per heavy atom. The summed E-state index contributed by atoms with van der Waals surface area (Å²) in [4.78, 5) is 6.29. The van der Waals surface area contributed by atoms with Gasteiger partial charge >= 0.3 is 0 Å². The smallest absolute Gasteiger partial charge is 0.202 e. The minimum atomic E-state index is -0.206. The second-order valence-corrected chi connectivity index (χ2v) is 10.8. The van der Waals surface area contributed by atoms with Crippen molar-refractivity contribution in [1.82, 2.24) is 4.98 Å². The number of nitrogens with zero attached hydrogens (tertiary/aromatic N) is 1. The molecule has 2 aliphatic rings. The number of halogens is 1. The topological polar surface area (TPSA) is 39.7 Å². The van der Waals surface area contributed by atoms with Gasteiger partial charge in [-0.25, -0.2) is 9.37 Å². The molecule has 5 heteroatoms. The van der Waals surface area contributed by atoms with Gasteiger partial charge in [0.1, 0.15) is 25.0 Å². The second-order valence-electron chi connectivity index (χ2n) is 10.8.